The van der Waals surface area contributed by atoms with E-state index in [0.717, 1.165) is 50.0 Å². The second-order valence-corrected chi connectivity index (χ2v) is 6.03. The summed E-state index contributed by atoms with van der Waals surface area (Å²) in [6, 6.07) is 5.26. The summed E-state index contributed by atoms with van der Waals surface area (Å²) in [5.41, 5.74) is 1.51. The summed E-state index contributed by atoms with van der Waals surface area (Å²) in [6.45, 7) is 7.89. The fourth-order valence-electron chi connectivity index (χ4n) is 3.01. The molecule has 0 aromatic heterocycles. The first-order chi connectivity index (χ1) is 9.57. The summed E-state index contributed by atoms with van der Waals surface area (Å²) in [4.78, 5) is 0. The van der Waals surface area contributed by atoms with Gasteiger partial charge < -0.3 is 10.1 Å². The fourth-order valence-corrected chi connectivity index (χ4v) is 3.01. The minimum Gasteiger partial charge on any atom is -0.373 e. The van der Waals surface area contributed by atoms with E-state index in [4.69, 9.17) is 4.74 Å². The average Bonchev–Trinajstić information content (AvgIpc) is 2.43. The molecule has 1 aromatic carbocycles. The van der Waals surface area contributed by atoms with E-state index in [1.165, 1.54) is 0 Å². The lowest BCUT2D eigenvalue weighted by Gasteiger charge is -2.41. The van der Waals surface area contributed by atoms with Gasteiger partial charge in [0.25, 0.3) is 0 Å². The standard InChI is InChI=1S/C17H26FNO/c1-4-10-19-16(17(3)9-5-6-11-20-17)14-12-13(2)7-8-15(14)18/h7-8,12,16,19H,4-6,9-11H2,1-3H3. The van der Waals surface area contributed by atoms with Crippen LogP contribution in [0.4, 0.5) is 4.39 Å². The zero-order valence-corrected chi connectivity index (χ0v) is 12.8. The second kappa shape index (κ2) is 6.68. The molecule has 20 heavy (non-hydrogen) atoms. The predicted molar refractivity (Wildman–Crippen MR) is 80.4 cm³/mol. The molecule has 1 N–H and O–H groups in total. The molecule has 1 aliphatic rings. The van der Waals surface area contributed by atoms with Crippen LogP contribution in [0.2, 0.25) is 0 Å². The molecule has 0 amide bonds. The number of ether oxygens (including phenoxy) is 1. The monoisotopic (exact) mass is 279 g/mol. The molecule has 1 aliphatic heterocycles. The van der Waals surface area contributed by atoms with Crippen molar-refractivity contribution in [1.82, 2.24) is 5.32 Å². The summed E-state index contributed by atoms with van der Waals surface area (Å²) in [5, 5.41) is 3.50. The van der Waals surface area contributed by atoms with Crippen molar-refractivity contribution in [3.63, 3.8) is 0 Å². The molecule has 2 nitrogen and oxygen atoms in total. The van der Waals surface area contributed by atoms with Crippen molar-refractivity contribution in [2.75, 3.05) is 13.2 Å². The SMILES string of the molecule is CCCNC(c1cc(C)ccc1F)C1(C)CCCCO1. The van der Waals surface area contributed by atoms with E-state index in [0.29, 0.717) is 0 Å². The Morgan fingerprint density at radius 3 is 2.85 bits per heavy atom. The van der Waals surface area contributed by atoms with E-state index in [1.807, 2.05) is 19.1 Å². The minimum atomic E-state index is -0.317. The van der Waals surface area contributed by atoms with Gasteiger partial charge in [0.05, 0.1) is 11.6 Å². The van der Waals surface area contributed by atoms with Gasteiger partial charge >= 0.3 is 0 Å². The first-order valence-electron chi connectivity index (χ1n) is 7.70. The zero-order chi connectivity index (χ0) is 14.6. The number of hydrogen-bond donors (Lipinski definition) is 1. The van der Waals surface area contributed by atoms with Gasteiger partial charge in [-0.05, 0) is 52.1 Å². The molecule has 1 aromatic rings. The van der Waals surface area contributed by atoms with Crippen LogP contribution in [0.1, 0.15) is 56.7 Å². The molecule has 0 saturated carbocycles. The Labute approximate surface area is 121 Å². The summed E-state index contributed by atoms with van der Waals surface area (Å²) >= 11 is 0. The van der Waals surface area contributed by atoms with Crippen LogP contribution in [0.5, 0.6) is 0 Å². The molecule has 3 heteroatoms. The molecule has 1 saturated heterocycles. The van der Waals surface area contributed by atoms with Gasteiger partial charge in [-0.15, -0.1) is 0 Å². The second-order valence-electron chi connectivity index (χ2n) is 6.03. The van der Waals surface area contributed by atoms with Crippen molar-refractivity contribution in [1.29, 1.82) is 0 Å². The molecule has 1 fully saturated rings. The Balaban J connectivity index is 2.33. The van der Waals surface area contributed by atoms with Crippen LogP contribution in [0, 0.1) is 12.7 Å². The number of halogens is 1. The lowest BCUT2D eigenvalue weighted by molar-refractivity contribution is -0.0903. The Kier molecular flexibility index (Phi) is 5.17. The van der Waals surface area contributed by atoms with Gasteiger partial charge in [-0.25, -0.2) is 4.39 Å². The van der Waals surface area contributed by atoms with E-state index in [-0.39, 0.29) is 17.5 Å². The quantitative estimate of drug-likeness (QED) is 0.875. The van der Waals surface area contributed by atoms with Crippen molar-refractivity contribution in [2.45, 2.75) is 58.1 Å². The van der Waals surface area contributed by atoms with E-state index < -0.39 is 0 Å². The normalized spacial score (nSPS) is 24.6. The zero-order valence-electron chi connectivity index (χ0n) is 12.8. The van der Waals surface area contributed by atoms with Gasteiger partial charge in [-0.3, -0.25) is 0 Å². The highest BCUT2D eigenvalue weighted by Crippen LogP contribution is 2.37. The van der Waals surface area contributed by atoms with E-state index in [9.17, 15) is 4.39 Å². The molecule has 0 spiro atoms. The van der Waals surface area contributed by atoms with Gasteiger partial charge in [-0.2, -0.15) is 0 Å². The van der Waals surface area contributed by atoms with Gasteiger partial charge in [0.2, 0.25) is 0 Å². The average molecular weight is 279 g/mol. The third-order valence-electron chi connectivity index (χ3n) is 4.17. The molecule has 112 valence electrons. The number of aryl methyl sites for hydroxylation is 1. The van der Waals surface area contributed by atoms with Crippen LogP contribution in [0.25, 0.3) is 0 Å². The Hall–Kier alpha value is -0.930. The summed E-state index contributed by atoms with van der Waals surface area (Å²) in [5.74, 6) is -0.139. The van der Waals surface area contributed by atoms with E-state index in [2.05, 4.69) is 19.2 Å². The van der Waals surface area contributed by atoms with Crippen molar-refractivity contribution in [3.8, 4) is 0 Å². The van der Waals surface area contributed by atoms with Crippen molar-refractivity contribution in [3.05, 3.63) is 35.1 Å². The van der Waals surface area contributed by atoms with Crippen LogP contribution in [0.3, 0.4) is 0 Å². The minimum absolute atomic E-state index is 0.0809. The third-order valence-corrected chi connectivity index (χ3v) is 4.17. The summed E-state index contributed by atoms with van der Waals surface area (Å²) in [7, 11) is 0. The van der Waals surface area contributed by atoms with E-state index >= 15 is 0 Å². The smallest absolute Gasteiger partial charge is 0.128 e. The van der Waals surface area contributed by atoms with Crippen LogP contribution in [0.15, 0.2) is 18.2 Å². The van der Waals surface area contributed by atoms with Crippen molar-refractivity contribution >= 4 is 0 Å². The predicted octanol–water partition coefficient (Wildman–Crippen LogP) is 4.13. The van der Waals surface area contributed by atoms with Crippen LogP contribution < -0.4 is 5.32 Å². The van der Waals surface area contributed by atoms with Crippen LogP contribution in [-0.2, 0) is 4.74 Å². The maximum Gasteiger partial charge on any atom is 0.128 e. The van der Waals surface area contributed by atoms with Crippen molar-refractivity contribution in [2.24, 2.45) is 0 Å². The highest BCUT2D eigenvalue weighted by atomic mass is 19.1. The summed E-state index contributed by atoms with van der Waals surface area (Å²) in [6.07, 6.45) is 4.25. The number of benzene rings is 1. The van der Waals surface area contributed by atoms with Gasteiger partial charge in [0, 0.05) is 12.2 Å². The molecule has 0 aliphatic carbocycles. The van der Waals surface area contributed by atoms with E-state index in [1.54, 1.807) is 6.07 Å². The molecule has 2 rings (SSSR count). The Morgan fingerprint density at radius 2 is 2.20 bits per heavy atom. The molecule has 2 atom stereocenters. The maximum absolute atomic E-state index is 14.3. The first kappa shape index (κ1) is 15.5. The molecule has 0 radical (unpaired) electrons. The molecule has 0 bridgehead atoms. The molecule has 1 heterocycles. The van der Waals surface area contributed by atoms with Crippen LogP contribution >= 0.6 is 0 Å². The Bertz CT molecular complexity index is 441. The highest BCUT2D eigenvalue weighted by molar-refractivity contribution is 5.29. The first-order valence-corrected chi connectivity index (χ1v) is 7.70. The third kappa shape index (κ3) is 3.39. The summed E-state index contributed by atoms with van der Waals surface area (Å²) < 4.78 is 20.3. The topological polar surface area (TPSA) is 21.3 Å². The number of rotatable bonds is 5. The largest absolute Gasteiger partial charge is 0.373 e. The van der Waals surface area contributed by atoms with Crippen molar-refractivity contribution < 1.29 is 9.13 Å². The molecule has 2 unspecified atom stereocenters. The molecular formula is C17H26FNO. The van der Waals surface area contributed by atoms with Gasteiger partial charge in [0.15, 0.2) is 0 Å². The Morgan fingerprint density at radius 1 is 1.40 bits per heavy atom. The lowest BCUT2D eigenvalue weighted by atomic mass is 9.83. The lowest BCUT2D eigenvalue weighted by Crippen LogP contribution is -2.46. The highest BCUT2D eigenvalue weighted by Gasteiger charge is 2.38. The van der Waals surface area contributed by atoms with Crippen LogP contribution in [-0.4, -0.2) is 18.8 Å². The fraction of sp³-hybridized carbons (Fsp3) is 0.647. The van der Waals surface area contributed by atoms with Gasteiger partial charge in [-0.1, -0.05) is 24.6 Å². The maximum atomic E-state index is 14.3. The number of nitrogens with one attached hydrogen (secondary N) is 1. The number of hydrogen-bond acceptors (Lipinski definition) is 2. The molecular weight excluding hydrogens is 253 g/mol. The van der Waals surface area contributed by atoms with Gasteiger partial charge in [0.1, 0.15) is 5.82 Å².